The van der Waals surface area contributed by atoms with Gasteiger partial charge in [-0.3, -0.25) is 14.9 Å². The molecule has 27 heavy (non-hydrogen) atoms. The molecule has 2 amide bonds. The van der Waals surface area contributed by atoms with E-state index in [2.05, 4.69) is 5.32 Å². The van der Waals surface area contributed by atoms with E-state index in [0.717, 1.165) is 12.0 Å². The van der Waals surface area contributed by atoms with Crippen molar-refractivity contribution in [3.63, 3.8) is 0 Å². The van der Waals surface area contributed by atoms with Crippen LogP contribution in [0.2, 0.25) is 0 Å². The summed E-state index contributed by atoms with van der Waals surface area (Å²) in [6.45, 7) is 3.02. The lowest BCUT2D eigenvalue weighted by Crippen LogP contribution is -2.34. The molecule has 2 aromatic rings. The highest BCUT2D eigenvalue weighted by Crippen LogP contribution is 2.41. The summed E-state index contributed by atoms with van der Waals surface area (Å²) in [5.41, 5.74) is 0.688. The summed E-state index contributed by atoms with van der Waals surface area (Å²) < 4.78 is 16.2. The Hall–Kier alpha value is -2.87. The Morgan fingerprint density at radius 2 is 2.00 bits per heavy atom. The van der Waals surface area contributed by atoms with Gasteiger partial charge in [0, 0.05) is 12.0 Å². The average molecular weight is 389 g/mol. The summed E-state index contributed by atoms with van der Waals surface area (Å²) in [6.07, 6.45) is 0.752. The normalized spacial score (nSPS) is 14.0. The highest BCUT2D eigenvalue weighted by atomic mass is 32.1. The Bertz CT molecular complexity index is 859. The lowest BCUT2D eigenvalue weighted by atomic mass is 10.0. The maximum atomic E-state index is 11.8. The first-order valence-electron chi connectivity index (χ1n) is 8.31. The van der Waals surface area contributed by atoms with Crippen LogP contribution in [-0.2, 0) is 20.7 Å². The second-order valence-electron chi connectivity index (χ2n) is 6.59. The number of para-hydroxylation sites is 1. The Morgan fingerprint density at radius 1 is 1.19 bits per heavy atom. The van der Waals surface area contributed by atoms with Gasteiger partial charge in [-0.05, 0) is 31.4 Å². The van der Waals surface area contributed by atoms with Crippen LogP contribution in [0.4, 0.5) is 0 Å². The summed E-state index contributed by atoms with van der Waals surface area (Å²) in [7, 11) is 0. The number of imide groups is 1. The van der Waals surface area contributed by atoms with Crippen LogP contribution in [0.25, 0.3) is 0 Å². The van der Waals surface area contributed by atoms with Crippen LogP contribution in [-0.4, -0.2) is 36.6 Å². The van der Waals surface area contributed by atoms with Crippen LogP contribution in [0.15, 0.2) is 35.7 Å². The molecule has 7 nitrogen and oxygen atoms in total. The van der Waals surface area contributed by atoms with Crippen LogP contribution in [0, 0.1) is 0 Å². The molecular formula is C19H19NO6S. The minimum Gasteiger partial charge on any atom is -0.483 e. The van der Waals surface area contributed by atoms with Crippen molar-refractivity contribution >= 4 is 29.1 Å². The Morgan fingerprint density at radius 3 is 2.74 bits per heavy atom. The molecule has 1 N–H and O–H groups in total. The number of carbonyl (C=O) groups is 3. The fraction of sp³-hybridized carbons (Fsp3) is 0.316. The highest BCUT2D eigenvalue weighted by Gasteiger charge is 2.32. The molecule has 0 unspecified atom stereocenters. The molecule has 0 saturated heterocycles. The van der Waals surface area contributed by atoms with E-state index < -0.39 is 24.4 Å². The molecule has 1 aliphatic heterocycles. The molecule has 142 valence electrons. The molecular weight excluding hydrogens is 370 g/mol. The van der Waals surface area contributed by atoms with Crippen molar-refractivity contribution in [3.05, 3.63) is 46.2 Å². The summed E-state index contributed by atoms with van der Waals surface area (Å²) in [5, 5.41) is 3.87. The van der Waals surface area contributed by atoms with Gasteiger partial charge >= 0.3 is 5.97 Å². The van der Waals surface area contributed by atoms with E-state index in [1.54, 1.807) is 23.6 Å². The van der Waals surface area contributed by atoms with Crippen molar-refractivity contribution in [2.24, 2.45) is 0 Å². The van der Waals surface area contributed by atoms with Gasteiger partial charge in [0.15, 0.2) is 24.7 Å². The average Bonchev–Trinajstić information content (AvgIpc) is 3.24. The minimum absolute atomic E-state index is 0.324. The third-order valence-corrected chi connectivity index (χ3v) is 4.63. The molecule has 0 atom stereocenters. The number of nitrogens with one attached hydrogen (secondary N) is 1. The number of benzene rings is 1. The zero-order valence-electron chi connectivity index (χ0n) is 14.9. The zero-order valence-corrected chi connectivity index (χ0v) is 15.8. The fourth-order valence-corrected chi connectivity index (χ4v) is 3.28. The van der Waals surface area contributed by atoms with Gasteiger partial charge in [-0.15, -0.1) is 11.3 Å². The number of hydrogen-bond donors (Lipinski definition) is 1. The van der Waals surface area contributed by atoms with Crippen molar-refractivity contribution in [1.82, 2.24) is 5.32 Å². The molecule has 1 aromatic heterocycles. The number of amides is 2. The zero-order chi connectivity index (χ0) is 19.4. The van der Waals surface area contributed by atoms with Crippen LogP contribution < -0.4 is 14.8 Å². The van der Waals surface area contributed by atoms with E-state index in [1.165, 1.54) is 11.3 Å². The van der Waals surface area contributed by atoms with Crippen LogP contribution in [0.5, 0.6) is 11.5 Å². The fourth-order valence-electron chi connectivity index (χ4n) is 2.66. The van der Waals surface area contributed by atoms with Crippen molar-refractivity contribution in [1.29, 1.82) is 0 Å². The smallest absolute Gasteiger partial charge is 0.344 e. The molecule has 0 radical (unpaired) electrons. The molecule has 0 bridgehead atoms. The molecule has 0 fully saturated rings. The van der Waals surface area contributed by atoms with Gasteiger partial charge in [0.05, 0.1) is 4.88 Å². The van der Waals surface area contributed by atoms with Gasteiger partial charge < -0.3 is 14.2 Å². The predicted molar refractivity (Wildman–Crippen MR) is 98.1 cm³/mol. The highest BCUT2D eigenvalue weighted by molar-refractivity contribution is 7.12. The second-order valence-corrected chi connectivity index (χ2v) is 7.53. The van der Waals surface area contributed by atoms with Gasteiger partial charge in [-0.2, -0.15) is 0 Å². The lowest BCUT2D eigenvalue weighted by molar-refractivity contribution is -0.150. The molecule has 0 aliphatic carbocycles. The van der Waals surface area contributed by atoms with Gasteiger partial charge in [0.25, 0.3) is 11.8 Å². The maximum absolute atomic E-state index is 11.8. The van der Waals surface area contributed by atoms with Gasteiger partial charge in [-0.25, -0.2) is 4.79 Å². The first kappa shape index (κ1) is 18.9. The number of ether oxygens (including phenoxy) is 3. The number of esters is 1. The molecule has 0 spiro atoms. The van der Waals surface area contributed by atoms with Crippen LogP contribution in [0.1, 0.15) is 29.1 Å². The van der Waals surface area contributed by atoms with Crippen molar-refractivity contribution in [3.8, 4) is 11.5 Å². The van der Waals surface area contributed by atoms with E-state index >= 15 is 0 Å². The number of hydrogen-bond acceptors (Lipinski definition) is 7. The SMILES string of the molecule is CC1(C)Cc2cccc(OCC(=O)OCC(=O)NC(=O)c3cccs3)c2O1. The van der Waals surface area contributed by atoms with E-state index in [0.29, 0.717) is 16.4 Å². The third kappa shape index (κ3) is 4.85. The van der Waals surface area contributed by atoms with Crippen molar-refractivity contribution < 1.29 is 28.6 Å². The van der Waals surface area contributed by atoms with Gasteiger partial charge in [0.2, 0.25) is 0 Å². The van der Waals surface area contributed by atoms with Crippen molar-refractivity contribution in [2.75, 3.05) is 13.2 Å². The number of thiophene rings is 1. The Balaban J connectivity index is 1.45. The molecule has 1 aliphatic rings. The standard InChI is InChI=1S/C19H19NO6S/c1-19(2)9-12-5-3-6-13(17(12)26-19)24-11-16(22)25-10-15(21)20-18(23)14-7-4-8-27-14/h3-8H,9-11H2,1-2H3,(H,20,21,23). The summed E-state index contributed by atoms with van der Waals surface area (Å²) in [4.78, 5) is 35.6. The lowest BCUT2D eigenvalue weighted by Gasteiger charge is -2.18. The van der Waals surface area contributed by atoms with Crippen LogP contribution in [0.3, 0.4) is 0 Å². The molecule has 1 aromatic carbocycles. The van der Waals surface area contributed by atoms with Gasteiger partial charge in [0.1, 0.15) is 5.60 Å². The minimum atomic E-state index is -0.719. The van der Waals surface area contributed by atoms with Gasteiger partial charge in [-0.1, -0.05) is 18.2 Å². The van der Waals surface area contributed by atoms with E-state index in [9.17, 15) is 14.4 Å². The Labute approximate surface area is 160 Å². The predicted octanol–water partition coefficient (Wildman–Crippen LogP) is 2.34. The molecule has 3 rings (SSSR count). The van der Waals surface area contributed by atoms with E-state index in [4.69, 9.17) is 14.2 Å². The largest absolute Gasteiger partial charge is 0.483 e. The van der Waals surface area contributed by atoms with Crippen LogP contribution >= 0.6 is 11.3 Å². The monoisotopic (exact) mass is 389 g/mol. The molecule has 8 heteroatoms. The Kier molecular flexibility index (Phi) is 5.46. The van der Waals surface area contributed by atoms with E-state index in [1.807, 2.05) is 26.0 Å². The number of carbonyl (C=O) groups excluding carboxylic acids is 3. The molecule has 0 saturated carbocycles. The van der Waals surface area contributed by atoms with Crippen molar-refractivity contribution in [2.45, 2.75) is 25.9 Å². The second kappa shape index (κ2) is 7.79. The first-order valence-corrected chi connectivity index (χ1v) is 9.19. The topological polar surface area (TPSA) is 90.9 Å². The quantitative estimate of drug-likeness (QED) is 0.763. The maximum Gasteiger partial charge on any atom is 0.344 e. The summed E-state index contributed by atoms with van der Waals surface area (Å²) in [6, 6.07) is 8.78. The number of fused-ring (bicyclic) bond motifs is 1. The number of rotatable bonds is 6. The summed E-state index contributed by atoms with van der Waals surface area (Å²) in [5.74, 6) is -0.875. The van der Waals surface area contributed by atoms with E-state index in [-0.39, 0.29) is 12.2 Å². The first-order chi connectivity index (χ1) is 12.8. The third-order valence-electron chi connectivity index (χ3n) is 3.76. The summed E-state index contributed by atoms with van der Waals surface area (Å²) >= 11 is 1.21. The molecule has 2 heterocycles.